The maximum absolute atomic E-state index is 4.34. The summed E-state index contributed by atoms with van der Waals surface area (Å²) < 4.78 is 0. The Bertz CT molecular complexity index is 2260. The molecule has 7 aromatic carbocycles. The molecule has 0 aliphatic rings. The lowest BCUT2D eigenvalue weighted by atomic mass is 10.0. The Morgan fingerprint density at radius 3 is 1.40 bits per heavy atom. The van der Waals surface area contributed by atoms with Crippen LogP contribution in [0, 0.1) is 0 Å². The van der Waals surface area contributed by atoms with E-state index in [1.54, 1.807) is 0 Å². The van der Waals surface area contributed by atoms with E-state index in [-0.39, 0.29) is 0 Å². The zero-order chi connectivity index (χ0) is 35.0. The molecule has 0 saturated heterocycles. The molecule has 0 atom stereocenters. The lowest BCUT2D eigenvalue weighted by molar-refractivity contribution is 1.28. The molecule has 0 radical (unpaired) electrons. The van der Waals surface area contributed by atoms with Gasteiger partial charge in [-0.25, -0.2) is 0 Å². The molecule has 52 heavy (non-hydrogen) atoms. The van der Waals surface area contributed by atoms with Crippen LogP contribution in [0.4, 0.5) is 17.1 Å². The van der Waals surface area contributed by atoms with E-state index < -0.39 is 8.07 Å². The van der Waals surface area contributed by atoms with Crippen molar-refractivity contribution in [2.75, 3.05) is 4.90 Å². The summed E-state index contributed by atoms with van der Waals surface area (Å²) in [6.45, 7) is 0. The molecule has 0 aliphatic heterocycles. The highest BCUT2D eigenvalue weighted by molar-refractivity contribution is 7.15. The third-order valence-corrected chi connectivity index (χ3v) is 14.1. The van der Waals surface area contributed by atoms with E-state index in [0.29, 0.717) is 0 Å². The molecule has 0 N–H and O–H groups in total. The van der Waals surface area contributed by atoms with Gasteiger partial charge in [0.1, 0.15) is 0 Å². The molecule has 0 saturated carbocycles. The second kappa shape index (κ2) is 15.1. The highest BCUT2D eigenvalue weighted by atomic mass is 28.3. The normalized spacial score (nSPS) is 11.4. The molecular formula is C49H38N2Si. The van der Waals surface area contributed by atoms with Crippen molar-refractivity contribution in [2.24, 2.45) is 0 Å². The topological polar surface area (TPSA) is 16.1 Å². The summed E-state index contributed by atoms with van der Waals surface area (Å²) in [5.41, 5.74) is 11.6. The van der Waals surface area contributed by atoms with Gasteiger partial charge in [0.05, 0.1) is 0 Å². The average Bonchev–Trinajstić information content (AvgIpc) is 3.24. The molecule has 8 rings (SSSR count). The van der Waals surface area contributed by atoms with Crippen LogP contribution in [0.5, 0.6) is 0 Å². The number of hydrogen-bond donors (Lipinski definition) is 0. The van der Waals surface area contributed by atoms with Gasteiger partial charge in [0.15, 0.2) is 8.07 Å². The second-order valence-electron chi connectivity index (χ2n) is 12.9. The summed E-state index contributed by atoms with van der Waals surface area (Å²) in [7, 11) is -2.47. The van der Waals surface area contributed by atoms with Crippen LogP contribution in [0.2, 0.25) is 0 Å². The third-order valence-electron chi connectivity index (χ3n) is 9.70. The number of hydrogen-bond acceptors (Lipinski definition) is 2. The second-order valence-corrected chi connectivity index (χ2v) is 16.6. The van der Waals surface area contributed by atoms with E-state index in [1.807, 2.05) is 18.5 Å². The van der Waals surface area contributed by atoms with Gasteiger partial charge in [-0.15, -0.1) is 0 Å². The Labute approximate surface area is 307 Å². The van der Waals surface area contributed by atoms with Gasteiger partial charge in [0, 0.05) is 35.0 Å². The van der Waals surface area contributed by atoms with Crippen molar-refractivity contribution in [2.45, 2.75) is 0 Å². The minimum atomic E-state index is -2.47. The van der Waals surface area contributed by atoms with E-state index in [0.717, 1.165) is 28.2 Å². The van der Waals surface area contributed by atoms with Crippen LogP contribution in [-0.2, 0) is 0 Å². The average molecular weight is 683 g/mol. The SMILES string of the molecule is C(=C[Si](c1ccccc1)(c1ccccc1)c1ccccc1)c1ccc(-c2ccc(N(c3ccccc3)c3cccc(-c4cccnc4)c3)cc2)cc1. The van der Waals surface area contributed by atoms with Gasteiger partial charge in [-0.3, -0.25) is 4.98 Å². The lowest BCUT2D eigenvalue weighted by Crippen LogP contribution is -2.66. The number of benzene rings is 7. The predicted octanol–water partition coefficient (Wildman–Crippen LogP) is 10.6. The molecule has 0 aliphatic carbocycles. The predicted molar refractivity (Wildman–Crippen MR) is 223 cm³/mol. The first-order chi connectivity index (χ1) is 25.8. The number of anilines is 3. The van der Waals surface area contributed by atoms with Crippen LogP contribution < -0.4 is 20.5 Å². The quantitative estimate of drug-likeness (QED) is 0.105. The zero-order valence-electron chi connectivity index (χ0n) is 28.8. The van der Waals surface area contributed by atoms with Gasteiger partial charge >= 0.3 is 0 Å². The first kappa shape index (κ1) is 32.6. The molecule has 248 valence electrons. The van der Waals surface area contributed by atoms with Crippen molar-refractivity contribution in [3.8, 4) is 22.3 Å². The fourth-order valence-electron chi connectivity index (χ4n) is 7.09. The van der Waals surface area contributed by atoms with Crippen molar-refractivity contribution in [3.63, 3.8) is 0 Å². The first-order valence-corrected chi connectivity index (χ1v) is 19.8. The molecule has 2 nitrogen and oxygen atoms in total. The van der Waals surface area contributed by atoms with E-state index in [4.69, 9.17) is 0 Å². The monoisotopic (exact) mass is 682 g/mol. The van der Waals surface area contributed by atoms with Gasteiger partial charge in [-0.05, 0) is 80.3 Å². The minimum Gasteiger partial charge on any atom is -0.310 e. The van der Waals surface area contributed by atoms with E-state index in [2.05, 4.69) is 222 Å². The third kappa shape index (κ3) is 6.78. The van der Waals surface area contributed by atoms with Crippen LogP contribution in [0.25, 0.3) is 28.3 Å². The summed E-state index contributed by atoms with van der Waals surface area (Å²) in [5.74, 6) is 0. The minimum absolute atomic E-state index is 1.09. The Hall–Kier alpha value is -6.55. The van der Waals surface area contributed by atoms with E-state index in [9.17, 15) is 0 Å². The van der Waals surface area contributed by atoms with Crippen LogP contribution >= 0.6 is 0 Å². The maximum Gasteiger partial charge on any atom is 0.172 e. The summed E-state index contributed by atoms with van der Waals surface area (Å²) in [6.07, 6.45) is 6.05. The maximum atomic E-state index is 4.34. The highest BCUT2D eigenvalue weighted by Gasteiger charge is 2.36. The Morgan fingerprint density at radius 1 is 0.385 bits per heavy atom. The smallest absolute Gasteiger partial charge is 0.172 e. The van der Waals surface area contributed by atoms with Crippen molar-refractivity contribution >= 4 is 46.8 Å². The molecule has 0 amide bonds. The van der Waals surface area contributed by atoms with Crippen LogP contribution in [0.3, 0.4) is 0 Å². The van der Waals surface area contributed by atoms with Crippen molar-refractivity contribution in [1.29, 1.82) is 0 Å². The van der Waals surface area contributed by atoms with Crippen LogP contribution in [0.15, 0.2) is 224 Å². The summed E-state index contributed by atoms with van der Waals surface area (Å²) >= 11 is 0. The molecule has 1 aromatic heterocycles. The van der Waals surface area contributed by atoms with Crippen LogP contribution in [-0.4, -0.2) is 13.1 Å². The zero-order valence-corrected chi connectivity index (χ0v) is 29.8. The number of rotatable bonds is 10. The molecular weight excluding hydrogens is 645 g/mol. The fraction of sp³-hybridized carbons (Fsp3) is 0. The molecule has 0 spiro atoms. The molecule has 1 heterocycles. The Balaban J connectivity index is 1.10. The molecule has 8 aromatic rings. The fourth-order valence-corrected chi connectivity index (χ4v) is 11.3. The van der Waals surface area contributed by atoms with Crippen LogP contribution in [0.1, 0.15) is 5.56 Å². The molecule has 3 heteroatoms. The first-order valence-electron chi connectivity index (χ1n) is 17.7. The largest absolute Gasteiger partial charge is 0.310 e. The summed E-state index contributed by atoms with van der Waals surface area (Å²) in [4.78, 5) is 6.64. The van der Waals surface area contributed by atoms with Gasteiger partial charge in [0.25, 0.3) is 0 Å². The molecule has 0 fully saturated rings. The van der Waals surface area contributed by atoms with Crippen molar-refractivity contribution in [3.05, 3.63) is 230 Å². The highest BCUT2D eigenvalue weighted by Crippen LogP contribution is 2.37. The Morgan fingerprint density at radius 2 is 0.865 bits per heavy atom. The number of pyridine rings is 1. The summed E-state index contributed by atoms with van der Waals surface area (Å²) in [6, 6.07) is 74.1. The van der Waals surface area contributed by atoms with Gasteiger partial charge < -0.3 is 4.90 Å². The van der Waals surface area contributed by atoms with E-state index >= 15 is 0 Å². The summed E-state index contributed by atoms with van der Waals surface area (Å²) in [5, 5.41) is 4.11. The number of aromatic nitrogens is 1. The standard InChI is InChI=1S/C49H38N2Si/c1-5-17-44(18-6-1)51(46-19-13-15-42(37-46)43-16-14-35-50-38-43)45-32-30-41(31-33-45)40-28-26-39(27-29-40)34-36-52(47-20-7-2-8-21-47,48-22-9-3-10-23-48)49-24-11-4-12-25-49/h1-38H. The van der Waals surface area contributed by atoms with Crippen molar-refractivity contribution in [1.82, 2.24) is 4.98 Å². The van der Waals surface area contributed by atoms with Gasteiger partial charge in [-0.2, -0.15) is 0 Å². The molecule has 0 unspecified atom stereocenters. The van der Waals surface area contributed by atoms with Gasteiger partial charge in [0.2, 0.25) is 0 Å². The molecule has 0 bridgehead atoms. The number of nitrogens with zero attached hydrogens (tertiary/aromatic N) is 2. The van der Waals surface area contributed by atoms with E-state index in [1.165, 1.54) is 32.3 Å². The number of para-hydroxylation sites is 1. The van der Waals surface area contributed by atoms with Gasteiger partial charge in [-0.1, -0.05) is 176 Å². The Kier molecular flexibility index (Phi) is 9.50. The lowest BCUT2D eigenvalue weighted by Gasteiger charge is -2.30. The van der Waals surface area contributed by atoms with Crippen molar-refractivity contribution < 1.29 is 0 Å².